The number of aryl methyl sites for hydroxylation is 1. The zero-order chi connectivity index (χ0) is 24.1. The number of benzene rings is 2. The third-order valence-corrected chi connectivity index (χ3v) is 6.24. The van der Waals surface area contributed by atoms with Crippen LogP contribution in [0.15, 0.2) is 35.5 Å². The Morgan fingerprint density at radius 1 is 1.12 bits per heavy atom. The lowest BCUT2D eigenvalue weighted by Gasteiger charge is -2.30. The Kier molecular flexibility index (Phi) is 6.03. The van der Waals surface area contributed by atoms with E-state index < -0.39 is 18.2 Å². The van der Waals surface area contributed by atoms with Crippen LogP contribution in [0.4, 0.5) is 13.2 Å². The van der Waals surface area contributed by atoms with Crippen LogP contribution in [0.25, 0.3) is 0 Å². The first kappa shape index (κ1) is 23.7. The normalized spacial score (nSPS) is 20.0. The molecule has 0 fully saturated rings. The summed E-state index contributed by atoms with van der Waals surface area (Å²) in [5.41, 5.74) is 0.276. The van der Waals surface area contributed by atoms with Crippen LogP contribution in [0.2, 0.25) is 10.0 Å². The van der Waals surface area contributed by atoms with Crippen LogP contribution in [0, 0.1) is 6.92 Å². The number of nitrogens with zero attached hydrogens (tertiary/aromatic N) is 2. The molecule has 176 valence electrons. The lowest BCUT2D eigenvalue weighted by molar-refractivity contribution is -0.275. The molecule has 1 unspecified atom stereocenters. The molecule has 0 spiro atoms. The fourth-order valence-corrected chi connectivity index (χ4v) is 4.71. The van der Waals surface area contributed by atoms with Crippen LogP contribution >= 0.6 is 23.2 Å². The molecule has 2 aliphatic heterocycles. The average molecular weight is 500 g/mol. The van der Waals surface area contributed by atoms with Crippen molar-refractivity contribution >= 4 is 34.9 Å². The zero-order valence-corrected chi connectivity index (χ0v) is 19.7. The number of carbonyl (C=O) groups excluding carboxylic acids is 1. The van der Waals surface area contributed by atoms with Gasteiger partial charge in [-0.2, -0.15) is 13.2 Å². The molecule has 0 radical (unpaired) electrons. The van der Waals surface area contributed by atoms with Gasteiger partial charge in [0.25, 0.3) is 11.5 Å². The minimum Gasteiger partial charge on any atom is -0.372 e. The Hall–Kier alpha value is -2.45. The fraction of sp³-hybridized carbons (Fsp3) is 0.391. The first-order valence-corrected chi connectivity index (χ1v) is 11.1. The first-order valence-electron chi connectivity index (χ1n) is 10.4. The van der Waals surface area contributed by atoms with Gasteiger partial charge in [0.05, 0.1) is 6.42 Å². The highest BCUT2D eigenvalue weighted by Crippen LogP contribution is 2.50. The minimum atomic E-state index is -4.75. The molecule has 0 aliphatic carbocycles. The van der Waals surface area contributed by atoms with Crippen LogP contribution in [0.1, 0.15) is 52.9 Å². The second kappa shape index (κ2) is 8.40. The highest BCUT2D eigenvalue weighted by Gasteiger charge is 2.63. The molecule has 10 heteroatoms. The van der Waals surface area contributed by atoms with Crippen molar-refractivity contribution in [1.29, 1.82) is 0 Å². The Balaban J connectivity index is 1.60. The molecule has 5 nitrogen and oxygen atoms in total. The van der Waals surface area contributed by atoms with Crippen molar-refractivity contribution < 1.29 is 22.8 Å². The molecular formula is C23H22Cl2F3N3O2. The number of amidine groups is 1. The van der Waals surface area contributed by atoms with Gasteiger partial charge in [0, 0.05) is 40.3 Å². The molecular weight excluding hydrogens is 478 g/mol. The van der Waals surface area contributed by atoms with Crippen molar-refractivity contribution in [2.24, 2.45) is 5.16 Å². The minimum absolute atomic E-state index is 0.0119. The van der Waals surface area contributed by atoms with Crippen LogP contribution in [-0.2, 0) is 23.5 Å². The van der Waals surface area contributed by atoms with Gasteiger partial charge in [0.15, 0.2) is 0 Å². The van der Waals surface area contributed by atoms with Crippen molar-refractivity contribution in [1.82, 2.24) is 10.2 Å². The molecule has 4 rings (SSSR count). The first-order chi connectivity index (χ1) is 15.4. The van der Waals surface area contributed by atoms with E-state index in [1.165, 1.54) is 18.2 Å². The molecule has 1 N–H and O–H groups in total. The summed E-state index contributed by atoms with van der Waals surface area (Å²) in [4.78, 5) is 19.3. The molecule has 0 saturated carbocycles. The Morgan fingerprint density at radius 2 is 1.73 bits per heavy atom. The number of nitrogens with one attached hydrogen (secondary N) is 1. The molecule has 2 heterocycles. The standard InChI is InChI=1S/C23H22Cl2F3N3O2/c1-12(2)29-21(32)19-5-15-11-31(10-14(15)4-13(19)3)20-9-22(33-30-20,23(26,27)28)16-6-17(24)8-18(25)7-16/h4-8,12H,9-11H2,1-3H3,(H,29,32). The number of rotatable bonds is 3. The van der Waals surface area contributed by atoms with Crippen molar-refractivity contribution in [2.45, 2.75) is 58.1 Å². The van der Waals surface area contributed by atoms with Gasteiger partial charge in [-0.1, -0.05) is 34.4 Å². The van der Waals surface area contributed by atoms with Crippen molar-refractivity contribution in [3.05, 3.63) is 68.2 Å². The van der Waals surface area contributed by atoms with Gasteiger partial charge in [0.1, 0.15) is 5.84 Å². The van der Waals surface area contributed by atoms with Crippen LogP contribution in [0.3, 0.4) is 0 Å². The quantitative estimate of drug-likeness (QED) is 0.567. The van der Waals surface area contributed by atoms with E-state index in [2.05, 4.69) is 10.5 Å². The van der Waals surface area contributed by atoms with Gasteiger partial charge < -0.3 is 15.1 Å². The topological polar surface area (TPSA) is 53.9 Å². The molecule has 1 amide bonds. The van der Waals surface area contributed by atoms with Gasteiger partial charge in [-0.25, -0.2) is 0 Å². The molecule has 0 bridgehead atoms. The van der Waals surface area contributed by atoms with E-state index in [-0.39, 0.29) is 33.4 Å². The molecule has 2 aromatic carbocycles. The van der Waals surface area contributed by atoms with Gasteiger partial charge >= 0.3 is 6.18 Å². The lowest BCUT2D eigenvalue weighted by Crippen LogP contribution is -2.43. The van der Waals surface area contributed by atoms with Gasteiger partial charge in [0.2, 0.25) is 0 Å². The predicted octanol–water partition coefficient (Wildman–Crippen LogP) is 5.95. The number of alkyl halides is 3. The number of hydrogen-bond acceptors (Lipinski definition) is 4. The Morgan fingerprint density at radius 3 is 2.30 bits per heavy atom. The number of oxime groups is 1. The second-order valence-electron chi connectivity index (χ2n) is 8.68. The van der Waals surface area contributed by atoms with Gasteiger partial charge in [-0.3, -0.25) is 4.79 Å². The van der Waals surface area contributed by atoms with E-state index in [1.54, 1.807) is 11.0 Å². The Bertz CT molecular complexity index is 1130. The maximum Gasteiger partial charge on any atom is 0.435 e. The van der Waals surface area contributed by atoms with E-state index in [1.807, 2.05) is 26.8 Å². The van der Waals surface area contributed by atoms with Gasteiger partial charge in [-0.05, 0) is 61.7 Å². The molecule has 33 heavy (non-hydrogen) atoms. The SMILES string of the molecule is Cc1cc2c(cc1C(=O)NC(C)C)CN(C1=NOC(c3cc(Cl)cc(Cl)c3)(C(F)(F)F)C1)C2. The second-order valence-corrected chi connectivity index (χ2v) is 9.55. The average Bonchev–Trinajstić information content (AvgIpc) is 3.30. The van der Waals surface area contributed by atoms with E-state index >= 15 is 0 Å². The maximum atomic E-state index is 14.2. The predicted molar refractivity (Wildman–Crippen MR) is 120 cm³/mol. The highest BCUT2D eigenvalue weighted by molar-refractivity contribution is 6.34. The zero-order valence-electron chi connectivity index (χ0n) is 18.2. The van der Waals surface area contributed by atoms with E-state index in [4.69, 9.17) is 28.0 Å². The van der Waals surface area contributed by atoms with Crippen molar-refractivity contribution in [3.8, 4) is 0 Å². The van der Waals surface area contributed by atoms with E-state index in [0.29, 0.717) is 18.7 Å². The smallest absolute Gasteiger partial charge is 0.372 e. The van der Waals surface area contributed by atoms with Crippen molar-refractivity contribution in [3.63, 3.8) is 0 Å². The molecule has 0 aromatic heterocycles. The summed E-state index contributed by atoms with van der Waals surface area (Å²) in [6, 6.07) is 7.44. The summed E-state index contributed by atoms with van der Waals surface area (Å²) >= 11 is 11.9. The van der Waals surface area contributed by atoms with Crippen LogP contribution in [0.5, 0.6) is 0 Å². The van der Waals surface area contributed by atoms with Crippen LogP contribution in [-0.4, -0.2) is 28.9 Å². The molecule has 1 atom stereocenters. The summed E-state index contributed by atoms with van der Waals surface area (Å²) < 4.78 is 42.7. The molecule has 0 saturated heterocycles. The third-order valence-electron chi connectivity index (χ3n) is 5.80. The van der Waals surface area contributed by atoms with Crippen LogP contribution < -0.4 is 5.32 Å². The largest absolute Gasteiger partial charge is 0.435 e. The molecule has 2 aromatic rings. The number of halogens is 5. The fourth-order valence-electron chi connectivity index (χ4n) is 4.19. The van der Waals surface area contributed by atoms with Gasteiger partial charge in [-0.15, -0.1) is 0 Å². The number of carbonyl (C=O) groups is 1. The number of hydrogen-bond donors (Lipinski definition) is 1. The summed E-state index contributed by atoms with van der Waals surface area (Å²) in [6.45, 7) is 6.28. The third kappa shape index (κ3) is 4.38. The molecule has 2 aliphatic rings. The van der Waals surface area contributed by atoms with Crippen molar-refractivity contribution in [2.75, 3.05) is 0 Å². The number of amides is 1. The van der Waals surface area contributed by atoms with E-state index in [9.17, 15) is 18.0 Å². The lowest BCUT2D eigenvalue weighted by atomic mass is 9.89. The van der Waals surface area contributed by atoms with E-state index in [0.717, 1.165) is 16.7 Å². The summed E-state index contributed by atoms with van der Waals surface area (Å²) in [7, 11) is 0. The Labute approximate surface area is 199 Å². The summed E-state index contributed by atoms with van der Waals surface area (Å²) in [6.07, 6.45) is -5.27. The summed E-state index contributed by atoms with van der Waals surface area (Å²) in [5.74, 6) is -0.00956. The highest BCUT2D eigenvalue weighted by atomic mass is 35.5. The summed E-state index contributed by atoms with van der Waals surface area (Å²) in [5, 5.41) is 6.86. The maximum absolute atomic E-state index is 14.2. The monoisotopic (exact) mass is 499 g/mol. The number of fused-ring (bicyclic) bond motifs is 1.